The smallest absolute Gasteiger partial charge is 0.254 e. The molecule has 7 nitrogen and oxygen atoms in total. The van der Waals surface area contributed by atoms with Gasteiger partial charge >= 0.3 is 0 Å². The highest BCUT2D eigenvalue weighted by molar-refractivity contribution is 6.06. The summed E-state index contributed by atoms with van der Waals surface area (Å²) in [6, 6.07) is 8.42. The lowest BCUT2D eigenvalue weighted by atomic mass is 10.1. The van der Waals surface area contributed by atoms with Gasteiger partial charge in [0.1, 0.15) is 0 Å². The molecular weight excluding hydrogens is 344 g/mol. The number of aromatic nitrogens is 1. The number of piperazine rings is 1. The molecule has 1 aliphatic rings. The molecule has 2 heterocycles. The van der Waals surface area contributed by atoms with E-state index < -0.39 is 0 Å². The van der Waals surface area contributed by atoms with E-state index in [9.17, 15) is 14.4 Å². The number of para-hydroxylation sites is 1. The van der Waals surface area contributed by atoms with E-state index >= 15 is 0 Å². The maximum absolute atomic E-state index is 12.7. The molecule has 0 aliphatic carbocycles. The second-order valence-electron chi connectivity index (χ2n) is 5.88. The number of H-pyrrole nitrogens is 1. The molecule has 0 bridgehead atoms. The number of carbonyl (C=O) groups is 2. The van der Waals surface area contributed by atoms with Crippen LogP contribution in [0.3, 0.4) is 0 Å². The van der Waals surface area contributed by atoms with Crippen molar-refractivity contribution in [3.05, 3.63) is 46.2 Å². The summed E-state index contributed by atoms with van der Waals surface area (Å²) in [5.41, 5.74) is 0.582. The van der Waals surface area contributed by atoms with E-state index in [4.69, 9.17) is 0 Å². The van der Waals surface area contributed by atoms with Gasteiger partial charge in [-0.2, -0.15) is 0 Å². The fourth-order valence-corrected chi connectivity index (χ4v) is 2.88. The highest BCUT2D eigenvalue weighted by atomic mass is 35.5. The van der Waals surface area contributed by atoms with Gasteiger partial charge in [-0.3, -0.25) is 14.4 Å². The van der Waals surface area contributed by atoms with Gasteiger partial charge in [-0.1, -0.05) is 18.2 Å². The first-order valence-corrected chi connectivity index (χ1v) is 7.92. The summed E-state index contributed by atoms with van der Waals surface area (Å²) in [7, 11) is 1.58. The van der Waals surface area contributed by atoms with E-state index in [1.54, 1.807) is 30.1 Å². The molecule has 1 aliphatic heterocycles. The first-order chi connectivity index (χ1) is 11.6. The molecule has 25 heavy (non-hydrogen) atoms. The third-order valence-corrected chi connectivity index (χ3v) is 4.17. The largest absolute Gasteiger partial charge is 0.339 e. The number of carbonyl (C=O) groups excluding carboxylic acids is 2. The first kappa shape index (κ1) is 19.0. The number of pyridine rings is 1. The molecule has 2 aromatic rings. The van der Waals surface area contributed by atoms with E-state index in [0.717, 1.165) is 13.1 Å². The molecule has 0 unspecified atom stereocenters. The quantitative estimate of drug-likeness (QED) is 0.828. The average Bonchev–Trinajstić information content (AvgIpc) is 2.61. The van der Waals surface area contributed by atoms with Gasteiger partial charge in [0.25, 0.3) is 5.91 Å². The fourth-order valence-electron chi connectivity index (χ4n) is 2.88. The molecule has 0 saturated carbocycles. The number of halogens is 1. The van der Waals surface area contributed by atoms with Crippen LogP contribution in [0.4, 0.5) is 0 Å². The van der Waals surface area contributed by atoms with Crippen LogP contribution >= 0.6 is 12.4 Å². The van der Waals surface area contributed by atoms with Gasteiger partial charge in [0.2, 0.25) is 11.5 Å². The minimum atomic E-state index is -0.334. The van der Waals surface area contributed by atoms with Crippen LogP contribution in [0.5, 0.6) is 0 Å². The summed E-state index contributed by atoms with van der Waals surface area (Å²) in [6.45, 7) is 2.83. The third-order valence-electron chi connectivity index (χ3n) is 4.17. The van der Waals surface area contributed by atoms with Crippen molar-refractivity contribution in [3.8, 4) is 0 Å². The lowest BCUT2D eigenvalue weighted by Gasteiger charge is -2.29. The minimum absolute atomic E-state index is 0. The highest BCUT2D eigenvalue weighted by Crippen LogP contribution is 2.16. The molecule has 1 aromatic carbocycles. The number of benzene rings is 1. The van der Waals surface area contributed by atoms with Gasteiger partial charge in [0.15, 0.2) is 0 Å². The minimum Gasteiger partial charge on any atom is -0.339 e. The number of amides is 2. The Hall–Kier alpha value is -2.38. The normalized spacial score (nSPS) is 14.0. The van der Waals surface area contributed by atoms with Crippen LogP contribution < -0.4 is 10.9 Å². The van der Waals surface area contributed by atoms with E-state index in [2.05, 4.69) is 10.3 Å². The molecule has 0 spiro atoms. The van der Waals surface area contributed by atoms with E-state index in [-0.39, 0.29) is 36.3 Å². The van der Waals surface area contributed by atoms with Crippen molar-refractivity contribution in [3.63, 3.8) is 0 Å². The Morgan fingerprint density at radius 1 is 1.20 bits per heavy atom. The number of nitrogens with zero attached hydrogens (tertiary/aromatic N) is 2. The summed E-state index contributed by atoms with van der Waals surface area (Å²) in [5.74, 6) is -0.415. The van der Waals surface area contributed by atoms with Crippen molar-refractivity contribution in [1.29, 1.82) is 0 Å². The summed E-state index contributed by atoms with van der Waals surface area (Å²) in [4.78, 5) is 42.6. The second-order valence-corrected chi connectivity index (χ2v) is 5.88. The lowest BCUT2D eigenvalue weighted by Crippen LogP contribution is -2.49. The number of hydrogen-bond donors (Lipinski definition) is 2. The Morgan fingerprint density at radius 2 is 1.88 bits per heavy atom. The Bertz CT molecular complexity index is 830. The van der Waals surface area contributed by atoms with Crippen molar-refractivity contribution in [1.82, 2.24) is 20.1 Å². The Morgan fingerprint density at radius 3 is 2.60 bits per heavy atom. The monoisotopic (exact) mass is 364 g/mol. The van der Waals surface area contributed by atoms with E-state index in [0.29, 0.717) is 29.6 Å². The molecule has 134 valence electrons. The predicted molar refractivity (Wildman–Crippen MR) is 98.2 cm³/mol. The van der Waals surface area contributed by atoms with Gasteiger partial charge < -0.3 is 20.1 Å². The SMILES string of the molecule is CN(CC(=O)N1CCNCC1)C(=O)c1cc(=O)[nH]c2ccccc12.Cl. The number of hydrogen-bond acceptors (Lipinski definition) is 4. The molecule has 2 amide bonds. The number of aromatic amines is 1. The van der Waals surface area contributed by atoms with Crippen LogP contribution in [-0.2, 0) is 4.79 Å². The molecule has 8 heteroatoms. The Labute approximate surface area is 151 Å². The molecular formula is C17H21ClN4O3. The van der Waals surface area contributed by atoms with Crippen molar-refractivity contribution in [2.24, 2.45) is 0 Å². The number of nitrogens with one attached hydrogen (secondary N) is 2. The first-order valence-electron chi connectivity index (χ1n) is 7.92. The van der Waals surface area contributed by atoms with Crippen LogP contribution in [0.15, 0.2) is 35.1 Å². The van der Waals surface area contributed by atoms with Gasteiger partial charge in [-0.15, -0.1) is 12.4 Å². The van der Waals surface area contributed by atoms with Crippen LogP contribution in [0.25, 0.3) is 10.9 Å². The molecule has 3 rings (SSSR count). The van der Waals surface area contributed by atoms with Gasteiger partial charge in [0.05, 0.1) is 12.1 Å². The van der Waals surface area contributed by atoms with Gasteiger partial charge in [-0.25, -0.2) is 0 Å². The zero-order valence-electron chi connectivity index (χ0n) is 13.9. The molecule has 0 atom stereocenters. The maximum Gasteiger partial charge on any atom is 0.254 e. The topological polar surface area (TPSA) is 85.5 Å². The average molecular weight is 365 g/mol. The van der Waals surface area contributed by atoms with Gasteiger partial charge in [0, 0.05) is 50.2 Å². The Kier molecular flexibility index (Phi) is 6.17. The number of rotatable bonds is 3. The standard InChI is InChI=1S/C17H20N4O3.ClH/c1-20(11-16(23)21-8-6-18-7-9-21)17(24)13-10-15(22)19-14-5-3-2-4-12(13)14;/h2-5,10,18H,6-9,11H2,1H3,(H,19,22);1H. The van der Waals surface area contributed by atoms with Crippen LogP contribution in [0.2, 0.25) is 0 Å². The zero-order chi connectivity index (χ0) is 17.1. The fraction of sp³-hybridized carbons (Fsp3) is 0.353. The number of fused-ring (bicyclic) bond motifs is 1. The summed E-state index contributed by atoms with van der Waals surface area (Å²) in [6.07, 6.45) is 0. The zero-order valence-corrected chi connectivity index (χ0v) is 14.8. The summed E-state index contributed by atoms with van der Waals surface area (Å²) >= 11 is 0. The third kappa shape index (κ3) is 4.18. The maximum atomic E-state index is 12.7. The molecule has 1 fully saturated rings. The van der Waals surface area contributed by atoms with Crippen LogP contribution in [-0.4, -0.2) is 66.4 Å². The van der Waals surface area contributed by atoms with Crippen molar-refractivity contribution in [2.75, 3.05) is 39.8 Å². The second kappa shape index (κ2) is 8.13. The summed E-state index contributed by atoms with van der Waals surface area (Å²) < 4.78 is 0. The highest BCUT2D eigenvalue weighted by Gasteiger charge is 2.22. The Balaban J connectivity index is 0.00000225. The molecule has 1 saturated heterocycles. The predicted octanol–water partition coefficient (Wildman–Crippen LogP) is 0.454. The van der Waals surface area contributed by atoms with E-state index in [1.807, 2.05) is 6.07 Å². The summed E-state index contributed by atoms with van der Waals surface area (Å²) in [5, 5.41) is 3.86. The lowest BCUT2D eigenvalue weighted by molar-refractivity contribution is -0.132. The van der Waals surface area contributed by atoms with Crippen molar-refractivity contribution >= 4 is 35.1 Å². The van der Waals surface area contributed by atoms with Gasteiger partial charge in [-0.05, 0) is 6.07 Å². The van der Waals surface area contributed by atoms with Crippen molar-refractivity contribution in [2.45, 2.75) is 0 Å². The molecule has 2 N–H and O–H groups in total. The molecule has 1 aromatic heterocycles. The van der Waals surface area contributed by atoms with Crippen molar-refractivity contribution < 1.29 is 9.59 Å². The number of likely N-dealkylation sites (N-methyl/N-ethyl adjacent to an activating group) is 1. The van der Waals surface area contributed by atoms with Crippen LogP contribution in [0, 0.1) is 0 Å². The molecule has 0 radical (unpaired) electrons. The van der Waals surface area contributed by atoms with E-state index in [1.165, 1.54) is 11.0 Å². The van der Waals surface area contributed by atoms with Crippen LogP contribution in [0.1, 0.15) is 10.4 Å².